The highest BCUT2D eigenvalue weighted by molar-refractivity contribution is 14.0. The number of anilines is 1. The number of guanidine groups is 1. The van der Waals surface area contributed by atoms with Gasteiger partial charge in [-0.2, -0.15) is 0 Å². The molecule has 1 fully saturated rings. The molecule has 1 aromatic rings. The van der Waals surface area contributed by atoms with Crippen LogP contribution < -0.4 is 15.5 Å². The van der Waals surface area contributed by atoms with Crippen molar-refractivity contribution in [2.24, 2.45) is 10.9 Å². The molecule has 2 rings (SSSR count). The van der Waals surface area contributed by atoms with Crippen LogP contribution >= 0.6 is 24.0 Å². The third-order valence-corrected chi connectivity index (χ3v) is 4.29. The first-order chi connectivity index (χ1) is 11.9. The van der Waals surface area contributed by atoms with Gasteiger partial charge in [0.2, 0.25) is 5.91 Å². The van der Waals surface area contributed by atoms with E-state index < -0.39 is 0 Å². The molecule has 146 valence electrons. The first-order valence-corrected chi connectivity index (χ1v) is 8.79. The number of carbonyl (C=O) groups is 1. The van der Waals surface area contributed by atoms with Crippen LogP contribution in [0.15, 0.2) is 23.3 Å². The van der Waals surface area contributed by atoms with E-state index in [1.54, 1.807) is 7.05 Å². The number of pyridine rings is 1. The zero-order valence-corrected chi connectivity index (χ0v) is 18.7. The summed E-state index contributed by atoms with van der Waals surface area (Å²) in [5, 5.41) is 6.75. The van der Waals surface area contributed by atoms with Crippen LogP contribution in [0, 0.1) is 5.92 Å². The van der Waals surface area contributed by atoms with Crippen LogP contribution in [0.4, 0.5) is 5.82 Å². The number of hydrogen-bond acceptors (Lipinski definition) is 4. The van der Waals surface area contributed by atoms with E-state index in [0.29, 0.717) is 6.54 Å². The Kier molecular flexibility index (Phi) is 9.11. The second-order valence-corrected chi connectivity index (χ2v) is 6.91. The van der Waals surface area contributed by atoms with Gasteiger partial charge in [0, 0.05) is 58.9 Å². The number of rotatable bonds is 5. The van der Waals surface area contributed by atoms with Gasteiger partial charge in [-0.3, -0.25) is 9.79 Å². The molecule has 2 heterocycles. The Bertz CT molecular complexity index is 619. The first-order valence-electron chi connectivity index (χ1n) is 8.79. The van der Waals surface area contributed by atoms with Crippen molar-refractivity contribution < 1.29 is 4.79 Å². The van der Waals surface area contributed by atoms with Gasteiger partial charge in [0.1, 0.15) is 5.82 Å². The van der Waals surface area contributed by atoms with Crippen LogP contribution in [-0.2, 0) is 11.3 Å². The molecular formula is C18H31IN6O. The maximum absolute atomic E-state index is 12.1. The molecule has 2 N–H and O–H groups in total. The van der Waals surface area contributed by atoms with Gasteiger partial charge in [0.25, 0.3) is 0 Å². The smallest absolute Gasteiger partial charge is 0.225 e. The molecule has 1 unspecified atom stereocenters. The van der Waals surface area contributed by atoms with E-state index in [1.165, 1.54) is 0 Å². The van der Waals surface area contributed by atoms with Crippen molar-refractivity contribution in [1.82, 2.24) is 20.5 Å². The van der Waals surface area contributed by atoms with Crippen molar-refractivity contribution in [3.05, 3.63) is 23.9 Å². The molecule has 0 spiro atoms. The molecule has 0 aliphatic carbocycles. The molecule has 26 heavy (non-hydrogen) atoms. The molecule has 1 aromatic heterocycles. The zero-order valence-electron chi connectivity index (χ0n) is 16.3. The van der Waals surface area contributed by atoms with E-state index in [-0.39, 0.29) is 41.8 Å². The lowest BCUT2D eigenvalue weighted by molar-refractivity contribution is -0.133. The zero-order chi connectivity index (χ0) is 18.4. The molecule has 1 aliphatic heterocycles. The predicted molar refractivity (Wildman–Crippen MR) is 117 cm³/mol. The number of likely N-dealkylation sites (tertiary alicyclic amines) is 1. The van der Waals surface area contributed by atoms with Crippen molar-refractivity contribution in [3.8, 4) is 0 Å². The van der Waals surface area contributed by atoms with Gasteiger partial charge in [0.05, 0.1) is 0 Å². The van der Waals surface area contributed by atoms with Crippen molar-refractivity contribution in [2.75, 3.05) is 39.1 Å². The average Bonchev–Trinajstić information content (AvgIpc) is 3.06. The number of nitrogens with one attached hydrogen (secondary N) is 2. The molecule has 1 saturated heterocycles. The predicted octanol–water partition coefficient (Wildman–Crippen LogP) is 1.69. The summed E-state index contributed by atoms with van der Waals surface area (Å²) in [6.45, 7) is 6.10. The Balaban J connectivity index is 0.00000338. The van der Waals surface area contributed by atoms with Gasteiger partial charge in [-0.25, -0.2) is 4.98 Å². The number of aliphatic imine (C=N–C) groups is 1. The maximum atomic E-state index is 12.1. The molecule has 7 nitrogen and oxygen atoms in total. The standard InChI is InChI=1S/C18H30N6O.HI/c1-13(2)17(25)24-9-7-15(12-24)22-18(19-3)21-11-14-6-8-20-16(10-14)23(4)5;/h6,8,10,13,15H,7,9,11-12H2,1-5H3,(H2,19,21,22);1H. The molecule has 1 amide bonds. The van der Waals surface area contributed by atoms with Crippen LogP contribution in [0.1, 0.15) is 25.8 Å². The van der Waals surface area contributed by atoms with Gasteiger partial charge >= 0.3 is 0 Å². The lowest BCUT2D eigenvalue weighted by atomic mass is 10.2. The van der Waals surface area contributed by atoms with Crippen LogP contribution in [-0.4, -0.2) is 62.0 Å². The Morgan fingerprint density at radius 1 is 1.46 bits per heavy atom. The van der Waals surface area contributed by atoms with Gasteiger partial charge in [-0.15, -0.1) is 24.0 Å². The summed E-state index contributed by atoms with van der Waals surface area (Å²) in [6.07, 6.45) is 2.76. The van der Waals surface area contributed by atoms with Crippen LogP contribution in [0.2, 0.25) is 0 Å². The van der Waals surface area contributed by atoms with Crippen molar-refractivity contribution in [2.45, 2.75) is 32.9 Å². The van der Waals surface area contributed by atoms with E-state index in [0.717, 1.165) is 36.9 Å². The highest BCUT2D eigenvalue weighted by atomic mass is 127. The van der Waals surface area contributed by atoms with E-state index in [1.807, 2.05) is 50.0 Å². The van der Waals surface area contributed by atoms with Gasteiger partial charge in [-0.05, 0) is 24.1 Å². The Morgan fingerprint density at radius 3 is 2.81 bits per heavy atom. The third-order valence-electron chi connectivity index (χ3n) is 4.29. The summed E-state index contributed by atoms with van der Waals surface area (Å²) >= 11 is 0. The number of amides is 1. The fraction of sp³-hybridized carbons (Fsp3) is 0.611. The minimum atomic E-state index is 0. The Morgan fingerprint density at radius 2 is 2.19 bits per heavy atom. The molecule has 0 saturated carbocycles. The second-order valence-electron chi connectivity index (χ2n) is 6.91. The summed E-state index contributed by atoms with van der Waals surface area (Å²) in [6, 6.07) is 4.29. The highest BCUT2D eigenvalue weighted by Crippen LogP contribution is 2.13. The largest absolute Gasteiger partial charge is 0.363 e. The van der Waals surface area contributed by atoms with E-state index in [4.69, 9.17) is 0 Å². The summed E-state index contributed by atoms with van der Waals surface area (Å²) in [5.41, 5.74) is 1.14. The summed E-state index contributed by atoms with van der Waals surface area (Å²) < 4.78 is 0. The fourth-order valence-electron chi connectivity index (χ4n) is 2.83. The Hall–Kier alpha value is -1.58. The van der Waals surface area contributed by atoms with Crippen molar-refractivity contribution >= 4 is 41.7 Å². The van der Waals surface area contributed by atoms with Gasteiger partial charge in [0.15, 0.2) is 5.96 Å². The van der Waals surface area contributed by atoms with E-state index >= 15 is 0 Å². The maximum Gasteiger partial charge on any atom is 0.225 e. The molecule has 0 bridgehead atoms. The average molecular weight is 474 g/mol. The lowest BCUT2D eigenvalue weighted by Gasteiger charge is -2.20. The van der Waals surface area contributed by atoms with Crippen LogP contribution in [0.3, 0.4) is 0 Å². The first kappa shape index (κ1) is 22.5. The number of hydrogen-bond donors (Lipinski definition) is 2. The molecule has 1 aliphatic rings. The molecule has 1 atom stereocenters. The van der Waals surface area contributed by atoms with E-state index in [2.05, 4.69) is 26.7 Å². The van der Waals surface area contributed by atoms with E-state index in [9.17, 15) is 4.79 Å². The summed E-state index contributed by atoms with van der Waals surface area (Å²) in [4.78, 5) is 24.6. The number of nitrogens with zero attached hydrogens (tertiary/aromatic N) is 4. The molecule has 0 aromatic carbocycles. The topological polar surface area (TPSA) is 72.9 Å². The van der Waals surface area contributed by atoms with Gasteiger partial charge < -0.3 is 20.4 Å². The number of carbonyl (C=O) groups excluding carboxylic acids is 1. The fourth-order valence-corrected chi connectivity index (χ4v) is 2.83. The lowest BCUT2D eigenvalue weighted by Crippen LogP contribution is -2.45. The number of aromatic nitrogens is 1. The highest BCUT2D eigenvalue weighted by Gasteiger charge is 2.27. The third kappa shape index (κ3) is 6.30. The number of halogens is 1. The second kappa shape index (κ2) is 10.5. The van der Waals surface area contributed by atoms with Crippen LogP contribution in [0.5, 0.6) is 0 Å². The van der Waals surface area contributed by atoms with Crippen LogP contribution in [0.25, 0.3) is 0 Å². The van der Waals surface area contributed by atoms with Gasteiger partial charge in [-0.1, -0.05) is 13.8 Å². The van der Waals surface area contributed by atoms with Crippen molar-refractivity contribution in [1.29, 1.82) is 0 Å². The van der Waals surface area contributed by atoms with Crippen molar-refractivity contribution in [3.63, 3.8) is 0 Å². The molecule has 0 radical (unpaired) electrons. The Labute approximate surface area is 173 Å². The molecule has 8 heteroatoms. The minimum Gasteiger partial charge on any atom is -0.363 e. The quantitative estimate of drug-likeness (QED) is 0.386. The monoisotopic (exact) mass is 474 g/mol. The summed E-state index contributed by atoms with van der Waals surface area (Å²) in [7, 11) is 5.72. The normalized spacial score (nSPS) is 17.1. The SMILES string of the molecule is CN=C(NCc1ccnc(N(C)C)c1)NC1CCN(C(=O)C(C)C)C1.I. The minimum absolute atomic E-state index is 0. The molecular weight excluding hydrogens is 443 g/mol. The summed E-state index contributed by atoms with van der Waals surface area (Å²) in [5.74, 6) is 1.96.